The van der Waals surface area contributed by atoms with Crippen LogP contribution in [0.1, 0.15) is 4.88 Å². The Morgan fingerprint density at radius 1 is 1.12 bits per heavy atom. The molecule has 3 rings (SSSR count). The molecule has 0 amide bonds. The second kappa shape index (κ2) is 7.61. The van der Waals surface area contributed by atoms with Gasteiger partial charge in [-0.2, -0.15) is 13.2 Å². The second-order valence-corrected chi connectivity index (χ2v) is 7.10. The molecule has 0 radical (unpaired) electrons. The maximum atomic E-state index is 12.7. The Labute approximate surface area is 149 Å². The molecule has 0 aliphatic carbocycles. The molecule has 1 fully saturated rings. The van der Waals surface area contributed by atoms with Crippen molar-refractivity contribution in [1.29, 1.82) is 0 Å². The average Bonchev–Trinajstić information content (AvgIpc) is 3.11. The molecule has 25 heavy (non-hydrogen) atoms. The van der Waals surface area contributed by atoms with E-state index in [9.17, 15) is 13.2 Å². The number of rotatable bonds is 5. The summed E-state index contributed by atoms with van der Waals surface area (Å²) in [5.41, 5.74) is 1.24. The summed E-state index contributed by atoms with van der Waals surface area (Å²) < 4.78 is 38.0. The van der Waals surface area contributed by atoms with Crippen LogP contribution in [0.15, 0.2) is 36.5 Å². The van der Waals surface area contributed by atoms with Crippen LogP contribution in [0.5, 0.6) is 0 Å². The SMILES string of the molecule is CN(CCN1CCN(c2ccccc2)CC1)c1ncc(C(F)(F)F)s1. The number of alkyl halides is 3. The lowest BCUT2D eigenvalue weighted by Gasteiger charge is -2.36. The van der Waals surface area contributed by atoms with Crippen molar-refractivity contribution in [3.05, 3.63) is 41.4 Å². The van der Waals surface area contributed by atoms with Gasteiger partial charge in [0, 0.05) is 52.0 Å². The minimum atomic E-state index is -4.31. The van der Waals surface area contributed by atoms with Gasteiger partial charge in [0.05, 0.1) is 6.20 Å². The van der Waals surface area contributed by atoms with E-state index in [4.69, 9.17) is 0 Å². The van der Waals surface area contributed by atoms with Crippen LogP contribution in [-0.2, 0) is 6.18 Å². The van der Waals surface area contributed by atoms with Crippen molar-refractivity contribution >= 4 is 22.2 Å². The van der Waals surface area contributed by atoms with Crippen LogP contribution < -0.4 is 9.80 Å². The van der Waals surface area contributed by atoms with E-state index in [-0.39, 0.29) is 0 Å². The summed E-state index contributed by atoms with van der Waals surface area (Å²) in [6, 6.07) is 10.3. The van der Waals surface area contributed by atoms with Crippen LogP contribution in [0, 0.1) is 0 Å². The summed E-state index contributed by atoms with van der Waals surface area (Å²) in [5, 5.41) is 0.412. The van der Waals surface area contributed by atoms with Crippen LogP contribution in [0.2, 0.25) is 0 Å². The summed E-state index contributed by atoms with van der Waals surface area (Å²) >= 11 is 0.695. The van der Waals surface area contributed by atoms with Gasteiger partial charge in [-0.05, 0) is 12.1 Å². The number of benzene rings is 1. The average molecular weight is 370 g/mol. The first kappa shape index (κ1) is 18.0. The lowest BCUT2D eigenvalue weighted by Crippen LogP contribution is -2.48. The maximum absolute atomic E-state index is 12.7. The Morgan fingerprint density at radius 2 is 1.80 bits per heavy atom. The first-order chi connectivity index (χ1) is 11.9. The standard InChI is InChI=1S/C17H21F3N4S/c1-22(16-21-13-15(25-16)17(18,19)20)7-8-23-9-11-24(12-10-23)14-5-3-2-4-6-14/h2-6,13H,7-12H2,1H3. The Bertz CT molecular complexity index is 666. The van der Waals surface area contributed by atoms with E-state index in [1.807, 2.05) is 18.2 Å². The minimum Gasteiger partial charge on any atom is -0.369 e. The maximum Gasteiger partial charge on any atom is 0.427 e. The van der Waals surface area contributed by atoms with Gasteiger partial charge in [0.25, 0.3) is 0 Å². The van der Waals surface area contributed by atoms with Crippen LogP contribution in [-0.4, -0.2) is 56.2 Å². The number of hydrogen-bond acceptors (Lipinski definition) is 5. The number of anilines is 2. The molecule has 1 aromatic carbocycles. The number of piperazine rings is 1. The molecule has 1 aromatic heterocycles. The largest absolute Gasteiger partial charge is 0.427 e. The summed E-state index contributed by atoms with van der Waals surface area (Å²) in [7, 11) is 1.79. The Morgan fingerprint density at radius 3 is 2.40 bits per heavy atom. The smallest absolute Gasteiger partial charge is 0.369 e. The zero-order valence-electron chi connectivity index (χ0n) is 14.0. The van der Waals surface area contributed by atoms with Gasteiger partial charge >= 0.3 is 6.18 Å². The number of para-hydroxylation sites is 1. The van der Waals surface area contributed by atoms with E-state index in [0.29, 0.717) is 23.0 Å². The van der Waals surface area contributed by atoms with E-state index in [1.54, 1.807) is 11.9 Å². The van der Waals surface area contributed by atoms with E-state index < -0.39 is 11.1 Å². The monoisotopic (exact) mass is 370 g/mol. The molecular formula is C17H21F3N4S. The lowest BCUT2D eigenvalue weighted by molar-refractivity contribution is -0.134. The molecular weight excluding hydrogens is 349 g/mol. The molecule has 0 spiro atoms. The molecule has 0 saturated carbocycles. The third-order valence-corrected chi connectivity index (χ3v) is 5.50. The van der Waals surface area contributed by atoms with E-state index in [2.05, 4.69) is 26.9 Å². The predicted octanol–water partition coefficient (Wildman–Crippen LogP) is 3.42. The fourth-order valence-electron chi connectivity index (χ4n) is 2.83. The Kier molecular flexibility index (Phi) is 5.48. The zero-order valence-corrected chi connectivity index (χ0v) is 14.9. The van der Waals surface area contributed by atoms with Crippen molar-refractivity contribution in [3.8, 4) is 0 Å². The lowest BCUT2D eigenvalue weighted by atomic mass is 10.2. The number of aromatic nitrogens is 1. The van der Waals surface area contributed by atoms with Crippen LogP contribution in [0.3, 0.4) is 0 Å². The Hall–Kier alpha value is -1.80. The first-order valence-electron chi connectivity index (χ1n) is 8.20. The van der Waals surface area contributed by atoms with E-state index >= 15 is 0 Å². The second-order valence-electron chi connectivity index (χ2n) is 6.09. The number of halogens is 3. The van der Waals surface area contributed by atoms with Crippen LogP contribution in [0.25, 0.3) is 0 Å². The van der Waals surface area contributed by atoms with Gasteiger partial charge in [-0.15, -0.1) is 0 Å². The Balaban J connectivity index is 1.46. The molecule has 1 saturated heterocycles. The van der Waals surface area contributed by atoms with Gasteiger partial charge in [0.2, 0.25) is 0 Å². The van der Waals surface area contributed by atoms with Crippen molar-refractivity contribution in [2.75, 3.05) is 56.1 Å². The van der Waals surface area contributed by atoms with Gasteiger partial charge in [-0.25, -0.2) is 4.98 Å². The number of hydrogen-bond donors (Lipinski definition) is 0. The molecule has 0 unspecified atom stereocenters. The summed E-state index contributed by atoms with van der Waals surface area (Å²) in [4.78, 5) is 9.74. The number of likely N-dealkylation sites (N-methyl/N-ethyl adjacent to an activating group) is 1. The normalized spacial score (nSPS) is 16.2. The molecule has 0 N–H and O–H groups in total. The molecule has 2 heterocycles. The van der Waals surface area contributed by atoms with Crippen molar-refractivity contribution in [1.82, 2.24) is 9.88 Å². The van der Waals surface area contributed by atoms with Crippen molar-refractivity contribution in [2.24, 2.45) is 0 Å². The molecule has 4 nitrogen and oxygen atoms in total. The molecule has 0 bridgehead atoms. The van der Waals surface area contributed by atoms with Gasteiger partial charge in [-0.1, -0.05) is 29.5 Å². The van der Waals surface area contributed by atoms with Crippen molar-refractivity contribution in [2.45, 2.75) is 6.18 Å². The van der Waals surface area contributed by atoms with Crippen LogP contribution in [0.4, 0.5) is 24.0 Å². The quantitative estimate of drug-likeness (QED) is 0.804. The summed E-state index contributed by atoms with van der Waals surface area (Å²) in [6.45, 7) is 5.31. The number of nitrogens with zero attached hydrogens (tertiary/aromatic N) is 4. The molecule has 1 aliphatic rings. The van der Waals surface area contributed by atoms with Crippen molar-refractivity contribution < 1.29 is 13.2 Å². The highest BCUT2D eigenvalue weighted by Crippen LogP contribution is 2.35. The van der Waals surface area contributed by atoms with Gasteiger partial charge in [0.1, 0.15) is 4.88 Å². The van der Waals surface area contributed by atoms with Crippen LogP contribution >= 0.6 is 11.3 Å². The van der Waals surface area contributed by atoms with Gasteiger partial charge in [0.15, 0.2) is 5.13 Å². The molecule has 8 heteroatoms. The van der Waals surface area contributed by atoms with Gasteiger partial charge in [-0.3, -0.25) is 4.90 Å². The van der Waals surface area contributed by atoms with Crippen molar-refractivity contribution in [3.63, 3.8) is 0 Å². The molecule has 1 aliphatic heterocycles. The highest BCUT2D eigenvalue weighted by Gasteiger charge is 2.33. The highest BCUT2D eigenvalue weighted by atomic mass is 32.1. The predicted molar refractivity (Wildman–Crippen MR) is 95.5 cm³/mol. The first-order valence-corrected chi connectivity index (χ1v) is 9.01. The topological polar surface area (TPSA) is 22.6 Å². The van der Waals surface area contributed by atoms with E-state index in [1.165, 1.54) is 5.69 Å². The molecule has 136 valence electrons. The minimum absolute atomic E-state index is 0.412. The fourth-order valence-corrected chi connectivity index (χ4v) is 3.60. The molecule has 0 atom stereocenters. The zero-order chi connectivity index (χ0) is 17.9. The summed E-state index contributed by atoms with van der Waals surface area (Å²) in [5.74, 6) is 0. The fraction of sp³-hybridized carbons (Fsp3) is 0.471. The highest BCUT2D eigenvalue weighted by molar-refractivity contribution is 7.15. The third kappa shape index (κ3) is 4.64. The van der Waals surface area contributed by atoms with Gasteiger partial charge < -0.3 is 9.80 Å². The number of thiazole rings is 1. The third-order valence-electron chi connectivity index (χ3n) is 4.34. The van der Waals surface area contributed by atoms with E-state index in [0.717, 1.165) is 38.9 Å². The summed E-state index contributed by atoms with van der Waals surface area (Å²) in [6.07, 6.45) is -3.40. The molecule has 2 aromatic rings.